The molecule has 78 valence electrons. The van der Waals surface area contributed by atoms with E-state index in [-0.39, 0.29) is 0 Å². The van der Waals surface area contributed by atoms with Crippen molar-refractivity contribution in [2.75, 3.05) is 0 Å². The fraction of sp³-hybridized carbons (Fsp3) is 0.133. The monoisotopic (exact) mass is 208 g/mol. The summed E-state index contributed by atoms with van der Waals surface area (Å²) in [5.41, 5.74) is 2.47. The van der Waals surface area contributed by atoms with Crippen molar-refractivity contribution < 1.29 is 0 Å². The Kier molecular flexibility index (Phi) is 3.74. The van der Waals surface area contributed by atoms with Crippen LogP contribution in [-0.2, 0) is 13.0 Å². The molecule has 0 unspecified atom stereocenters. The van der Waals surface area contributed by atoms with E-state index in [9.17, 15) is 0 Å². The summed E-state index contributed by atoms with van der Waals surface area (Å²) in [6.45, 7) is 0.716. The quantitative estimate of drug-likeness (QED) is 0.707. The average Bonchev–Trinajstić information content (AvgIpc) is 2.37. The second kappa shape index (κ2) is 5.72. The topological polar surface area (TPSA) is 4.36 Å². The van der Waals surface area contributed by atoms with Gasteiger partial charge >= 0.3 is 0 Å². The molecule has 0 saturated heterocycles. The molecule has 0 amide bonds. The van der Waals surface area contributed by atoms with Gasteiger partial charge in [0.05, 0.1) is 0 Å². The third-order valence-corrected chi connectivity index (χ3v) is 2.34. The van der Waals surface area contributed by atoms with Crippen LogP contribution in [0.2, 0.25) is 0 Å². The Balaban J connectivity index is 1.88. The molecule has 0 fully saturated rings. The predicted octanol–water partition coefficient (Wildman–Crippen LogP) is 3.76. The van der Waals surface area contributed by atoms with Gasteiger partial charge in [-0.05, 0) is 5.56 Å². The molecule has 0 aliphatic rings. The van der Waals surface area contributed by atoms with E-state index < -0.39 is 0 Å². The summed E-state index contributed by atoms with van der Waals surface area (Å²) in [5.74, 6) is 0. The Hall–Kier alpha value is -2.07. The molecule has 16 heavy (non-hydrogen) atoms. The van der Waals surface area contributed by atoms with E-state index in [0.717, 1.165) is 6.42 Å². The number of benzene rings is 2. The third kappa shape index (κ3) is 3.25. The fourth-order valence-electron chi connectivity index (χ4n) is 1.47. The molecule has 1 heteroatoms. The Morgan fingerprint density at radius 1 is 0.750 bits per heavy atom. The molecule has 0 heterocycles. The van der Waals surface area contributed by atoms with Crippen molar-refractivity contribution in [1.29, 1.82) is 0 Å². The van der Waals surface area contributed by atoms with E-state index in [0.29, 0.717) is 6.54 Å². The van der Waals surface area contributed by atoms with Crippen molar-refractivity contribution in [2.24, 2.45) is 0 Å². The van der Waals surface area contributed by atoms with Gasteiger partial charge in [0, 0.05) is 5.56 Å². The molecule has 0 radical (unpaired) electrons. The van der Waals surface area contributed by atoms with Gasteiger partial charge in [-0.2, -0.15) is 0 Å². The first-order valence-electron chi connectivity index (χ1n) is 5.42. The summed E-state index contributed by atoms with van der Waals surface area (Å²) in [7, 11) is 0. The second-order valence-electron chi connectivity index (χ2n) is 3.62. The van der Waals surface area contributed by atoms with E-state index >= 15 is 0 Å². The first kappa shape index (κ1) is 10.4. The zero-order valence-electron chi connectivity index (χ0n) is 9.13. The molecule has 2 rings (SSSR count). The van der Waals surface area contributed by atoms with E-state index in [4.69, 9.17) is 0 Å². The van der Waals surface area contributed by atoms with Crippen LogP contribution in [0, 0.1) is 6.07 Å². The van der Waals surface area contributed by atoms with Gasteiger partial charge in [0.25, 0.3) is 12.6 Å². The van der Waals surface area contributed by atoms with E-state index in [2.05, 4.69) is 35.2 Å². The van der Waals surface area contributed by atoms with Crippen LogP contribution in [0.15, 0.2) is 60.7 Å². The Bertz CT molecular complexity index is 432. The van der Waals surface area contributed by atoms with Crippen LogP contribution in [0.4, 0.5) is 0 Å². The molecule has 0 saturated carbocycles. The minimum atomic E-state index is 0.716. The molecule has 0 aliphatic carbocycles. The SMILES string of the molecule is C(Cc1ccccc1)#[N+]Cc1ccccc1. The van der Waals surface area contributed by atoms with Gasteiger partial charge in [-0.25, -0.2) is 0 Å². The van der Waals surface area contributed by atoms with E-state index in [1.54, 1.807) is 0 Å². The lowest BCUT2D eigenvalue weighted by atomic mass is 10.2. The molecule has 0 N–H and O–H groups in total. The Morgan fingerprint density at radius 3 is 1.94 bits per heavy atom. The molecule has 1 nitrogen and oxygen atoms in total. The van der Waals surface area contributed by atoms with Gasteiger partial charge in [0.1, 0.15) is 6.42 Å². The van der Waals surface area contributed by atoms with Crippen LogP contribution >= 0.6 is 0 Å². The van der Waals surface area contributed by atoms with Crippen molar-refractivity contribution in [1.82, 2.24) is 0 Å². The predicted molar refractivity (Wildman–Crippen MR) is 67.5 cm³/mol. The summed E-state index contributed by atoms with van der Waals surface area (Å²) < 4.78 is 0. The van der Waals surface area contributed by atoms with Crippen molar-refractivity contribution in [3.05, 3.63) is 76.6 Å². The summed E-state index contributed by atoms with van der Waals surface area (Å²) in [4.78, 5) is 4.29. The number of nitrogens with zero attached hydrogens (tertiary/aromatic N) is 1. The van der Waals surface area contributed by atoms with E-state index in [1.807, 2.05) is 36.4 Å². The molecule has 2 aromatic rings. The highest BCUT2D eigenvalue weighted by Gasteiger charge is 1.96. The molecule has 0 aromatic heterocycles. The second-order valence-corrected chi connectivity index (χ2v) is 3.62. The fourth-order valence-corrected chi connectivity index (χ4v) is 1.47. The van der Waals surface area contributed by atoms with Crippen molar-refractivity contribution in [2.45, 2.75) is 13.0 Å². The van der Waals surface area contributed by atoms with Crippen LogP contribution in [0.1, 0.15) is 11.1 Å². The van der Waals surface area contributed by atoms with Gasteiger partial charge in [-0.1, -0.05) is 65.5 Å². The summed E-state index contributed by atoms with van der Waals surface area (Å²) >= 11 is 0. The lowest BCUT2D eigenvalue weighted by molar-refractivity contribution is 1.24. The number of hydrogen-bond donors (Lipinski definition) is 0. The minimum Gasteiger partial charge on any atom is -0.0781 e. The Morgan fingerprint density at radius 2 is 1.31 bits per heavy atom. The Labute approximate surface area is 96.2 Å². The molecular formula is C15H14N+. The number of hydrogen-bond acceptors (Lipinski definition) is 0. The standard InChI is InChI=1S/C15H14N/c1-3-7-14(8-4-1)11-12-16-13-15-9-5-2-6-10-15/h1-10H,11,13H2/q+1. The van der Waals surface area contributed by atoms with Crippen molar-refractivity contribution >= 4 is 0 Å². The minimum absolute atomic E-state index is 0.716. The zero-order valence-corrected chi connectivity index (χ0v) is 9.13. The lowest BCUT2D eigenvalue weighted by Gasteiger charge is -1.87. The first-order valence-corrected chi connectivity index (χ1v) is 5.42. The van der Waals surface area contributed by atoms with Crippen LogP contribution in [0.3, 0.4) is 0 Å². The third-order valence-electron chi connectivity index (χ3n) is 2.34. The van der Waals surface area contributed by atoms with Gasteiger partial charge < -0.3 is 0 Å². The normalized spacial score (nSPS) is 9.25. The van der Waals surface area contributed by atoms with Crippen LogP contribution in [0.25, 0.3) is 4.85 Å². The van der Waals surface area contributed by atoms with E-state index in [1.165, 1.54) is 11.1 Å². The largest absolute Gasteiger partial charge is 0.288 e. The van der Waals surface area contributed by atoms with Crippen LogP contribution < -0.4 is 0 Å². The van der Waals surface area contributed by atoms with Gasteiger partial charge in [-0.15, -0.1) is 0 Å². The summed E-state index contributed by atoms with van der Waals surface area (Å²) in [6, 6.07) is 23.6. The highest BCUT2D eigenvalue weighted by Crippen LogP contribution is 2.01. The number of rotatable bonds is 2. The molecular weight excluding hydrogens is 194 g/mol. The van der Waals surface area contributed by atoms with Crippen molar-refractivity contribution in [3.63, 3.8) is 0 Å². The average molecular weight is 208 g/mol. The highest BCUT2D eigenvalue weighted by molar-refractivity contribution is 5.20. The van der Waals surface area contributed by atoms with Crippen LogP contribution in [-0.4, -0.2) is 0 Å². The highest BCUT2D eigenvalue weighted by atomic mass is 14.6. The first-order chi connectivity index (χ1) is 7.95. The van der Waals surface area contributed by atoms with Crippen molar-refractivity contribution in [3.8, 4) is 6.07 Å². The van der Waals surface area contributed by atoms with Gasteiger partial charge in [0.2, 0.25) is 0 Å². The maximum absolute atomic E-state index is 4.29. The summed E-state index contributed by atoms with van der Waals surface area (Å²) in [6.07, 6.45) is 0.785. The summed E-state index contributed by atoms with van der Waals surface area (Å²) in [5, 5.41) is 0. The lowest BCUT2D eigenvalue weighted by Crippen LogP contribution is -1.79. The maximum Gasteiger partial charge on any atom is 0.288 e. The van der Waals surface area contributed by atoms with Gasteiger partial charge in [-0.3, -0.25) is 0 Å². The smallest absolute Gasteiger partial charge is 0.0781 e. The molecule has 0 spiro atoms. The van der Waals surface area contributed by atoms with Gasteiger partial charge in [0.15, 0.2) is 0 Å². The zero-order chi connectivity index (χ0) is 11.1. The maximum atomic E-state index is 4.29. The molecule has 0 aliphatic heterocycles. The molecule has 0 atom stereocenters. The van der Waals surface area contributed by atoms with Crippen LogP contribution in [0.5, 0.6) is 0 Å². The molecule has 2 aromatic carbocycles. The molecule has 0 bridgehead atoms.